The number of rotatable bonds is 9. The van der Waals surface area contributed by atoms with E-state index in [0.717, 1.165) is 6.42 Å². The molecule has 0 atom stereocenters. The monoisotopic (exact) mass is 322 g/mol. The predicted octanol–water partition coefficient (Wildman–Crippen LogP) is 1.91. The molecule has 0 fully saturated rings. The molecule has 0 spiro atoms. The van der Waals surface area contributed by atoms with Gasteiger partial charge in [0, 0.05) is 0 Å². The molecule has 113 valence electrons. The van der Waals surface area contributed by atoms with Crippen LogP contribution in [0.1, 0.15) is 71.1 Å². The van der Waals surface area contributed by atoms with Crippen LogP contribution in [0.25, 0.3) is 0 Å². The van der Waals surface area contributed by atoms with Crippen LogP contribution in [-0.4, -0.2) is 0 Å². The van der Waals surface area contributed by atoms with E-state index in [2.05, 4.69) is 13.8 Å². The largest absolute Gasteiger partial charge is 3.00 e. The Bertz CT molecular complexity index is 167. The van der Waals surface area contributed by atoms with Crippen molar-refractivity contribution in [3.8, 4) is 0 Å². The quantitative estimate of drug-likeness (QED) is 0.281. The van der Waals surface area contributed by atoms with E-state index in [1.165, 1.54) is 57.8 Å². The van der Waals surface area contributed by atoms with Gasteiger partial charge < -0.3 is 26.2 Å². The zero-order valence-electron chi connectivity index (χ0n) is 11.2. The zero-order chi connectivity index (χ0) is 13.6. The van der Waals surface area contributed by atoms with Crippen LogP contribution in [0.15, 0.2) is 0 Å². The minimum Gasteiger partial charge on any atom is -0.822 e. The van der Waals surface area contributed by atoms with Gasteiger partial charge in [-0.05, 0) is 0 Å². The Morgan fingerprint density at radius 1 is 0.833 bits per heavy atom. The normalized spacial score (nSPS) is 10.3. The second kappa shape index (κ2) is 17.6. The van der Waals surface area contributed by atoms with E-state index in [1.54, 1.807) is 0 Å². The van der Waals surface area contributed by atoms with Gasteiger partial charge in [-0.25, -0.2) is 0 Å². The first-order chi connectivity index (χ1) is 7.91. The minimum absolute atomic E-state index is 0. The molecule has 4 nitrogen and oxygen atoms in total. The maximum absolute atomic E-state index is 8.55. The smallest absolute Gasteiger partial charge is 0.822 e. The molecule has 0 rings (SSSR count). The summed E-state index contributed by atoms with van der Waals surface area (Å²) in [5, 5.41) is 0. The maximum Gasteiger partial charge on any atom is 3.00 e. The summed E-state index contributed by atoms with van der Waals surface area (Å²) in [6.45, 7) is 6.12. The van der Waals surface area contributed by atoms with Gasteiger partial charge in [-0.2, -0.15) is 14.2 Å². The topological polar surface area (TPSA) is 86.2 Å². The standard InChI is InChI=1S/C12H25.Ni.H3O4P/c1-3-5-7-9-11-12-10-8-6-4-2;;1-5(2,3)4/h1,3-12H2,2H3;;(H3,1,2,3,4)/q-1;+3;/p-3. The van der Waals surface area contributed by atoms with E-state index < -0.39 is 7.82 Å². The third-order valence-corrected chi connectivity index (χ3v) is 2.35. The Morgan fingerprint density at radius 3 is 1.39 bits per heavy atom. The SMILES string of the molecule is O=P([O-])([O-])[O-].[CH2-]CCCCCCCCCCC.[Ni+3]. The summed E-state index contributed by atoms with van der Waals surface area (Å²) in [5.41, 5.74) is 0. The molecule has 0 amide bonds. The molecule has 0 saturated heterocycles. The second-order valence-electron chi connectivity index (χ2n) is 4.13. The molecule has 0 saturated carbocycles. The van der Waals surface area contributed by atoms with Gasteiger partial charge in [0.15, 0.2) is 0 Å². The molecule has 0 aliphatic heterocycles. The summed E-state index contributed by atoms with van der Waals surface area (Å²) in [6.07, 6.45) is 13.9. The number of unbranched alkanes of at least 4 members (excludes halogenated alkanes) is 9. The Balaban J connectivity index is -0.000000321. The summed E-state index contributed by atoms with van der Waals surface area (Å²) < 4.78 is 8.55. The van der Waals surface area contributed by atoms with Gasteiger partial charge in [0.2, 0.25) is 0 Å². The molecule has 1 radical (unpaired) electrons. The van der Waals surface area contributed by atoms with Crippen molar-refractivity contribution in [1.29, 1.82) is 0 Å². The van der Waals surface area contributed by atoms with Gasteiger partial charge in [-0.1, -0.05) is 64.7 Å². The van der Waals surface area contributed by atoms with Gasteiger partial charge in [0.25, 0.3) is 0 Å². The van der Waals surface area contributed by atoms with Crippen molar-refractivity contribution in [1.82, 2.24) is 0 Å². The predicted molar refractivity (Wildman–Crippen MR) is 64.8 cm³/mol. The molecule has 0 aliphatic carbocycles. The van der Waals surface area contributed by atoms with Gasteiger partial charge in [0.05, 0.1) is 0 Å². The summed E-state index contributed by atoms with van der Waals surface area (Å²) in [6, 6.07) is 0. The van der Waals surface area contributed by atoms with E-state index in [1.807, 2.05) is 0 Å². The molecule has 6 heteroatoms. The van der Waals surface area contributed by atoms with E-state index in [9.17, 15) is 0 Å². The van der Waals surface area contributed by atoms with Gasteiger partial charge >= 0.3 is 16.5 Å². The van der Waals surface area contributed by atoms with Gasteiger partial charge in [0.1, 0.15) is 0 Å². The fourth-order valence-electron chi connectivity index (χ4n) is 1.49. The fourth-order valence-corrected chi connectivity index (χ4v) is 1.49. The number of hydrogen-bond donors (Lipinski definition) is 0. The van der Waals surface area contributed by atoms with Gasteiger partial charge in [-0.3, -0.25) is 0 Å². The third kappa shape index (κ3) is 43.8. The Hall–Kier alpha value is 0.604. The molecule has 0 bridgehead atoms. The van der Waals surface area contributed by atoms with Crippen LogP contribution in [0.2, 0.25) is 0 Å². The van der Waals surface area contributed by atoms with Crippen molar-refractivity contribution in [3.63, 3.8) is 0 Å². The number of phosphoric acid groups is 1. The Labute approximate surface area is 122 Å². The van der Waals surface area contributed by atoms with Crippen LogP contribution in [-0.2, 0) is 21.1 Å². The van der Waals surface area contributed by atoms with Crippen LogP contribution >= 0.6 is 7.82 Å². The third-order valence-electron chi connectivity index (χ3n) is 2.35. The van der Waals surface area contributed by atoms with E-state index in [4.69, 9.17) is 19.2 Å². The van der Waals surface area contributed by atoms with Crippen LogP contribution in [0.4, 0.5) is 0 Å². The average molecular weight is 323 g/mol. The molecule has 0 aromatic heterocycles. The minimum atomic E-state index is -5.39. The Morgan fingerprint density at radius 2 is 1.11 bits per heavy atom. The Kier molecular flexibility index (Phi) is 23.2. The van der Waals surface area contributed by atoms with Crippen molar-refractivity contribution in [2.75, 3.05) is 0 Å². The first-order valence-corrected chi connectivity index (χ1v) is 7.90. The molecule has 0 unspecified atom stereocenters. The maximum atomic E-state index is 8.55. The molecule has 0 aromatic carbocycles. The average Bonchev–Trinajstić information content (AvgIpc) is 2.20. The molecule has 0 N–H and O–H groups in total. The number of hydrogen-bond acceptors (Lipinski definition) is 4. The van der Waals surface area contributed by atoms with Crippen LogP contribution in [0, 0.1) is 6.92 Å². The summed E-state index contributed by atoms with van der Waals surface area (Å²) in [4.78, 5) is 25.6. The molecule has 0 heterocycles. The fraction of sp³-hybridized carbons (Fsp3) is 0.917. The summed E-state index contributed by atoms with van der Waals surface area (Å²) in [7, 11) is -5.39. The first-order valence-electron chi connectivity index (χ1n) is 6.44. The molecular formula is C12H25NiO4P-. The van der Waals surface area contributed by atoms with Crippen LogP contribution in [0.3, 0.4) is 0 Å². The van der Waals surface area contributed by atoms with Crippen molar-refractivity contribution in [3.05, 3.63) is 6.92 Å². The van der Waals surface area contributed by atoms with Crippen molar-refractivity contribution < 1.29 is 35.7 Å². The zero-order valence-corrected chi connectivity index (χ0v) is 13.1. The van der Waals surface area contributed by atoms with E-state index in [0.29, 0.717) is 0 Å². The first kappa shape index (κ1) is 23.7. The van der Waals surface area contributed by atoms with Crippen LogP contribution in [0.5, 0.6) is 0 Å². The second-order valence-corrected chi connectivity index (χ2v) is 5.02. The van der Waals surface area contributed by atoms with Gasteiger partial charge in [-0.15, -0.1) is 0 Å². The summed E-state index contributed by atoms with van der Waals surface area (Å²) >= 11 is 0. The van der Waals surface area contributed by atoms with Crippen molar-refractivity contribution in [2.24, 2.45) is 0 Å². The van der Waals surface area contributed by atoms with Crippen LogP contribution < -0.4 is 14.7 Å². The molecular weight excluding hydrogens is 298 g/mol. The molecule has 0 aromatic rings. The molecule has 18 heavy (non-hydrogen) atoms. The van der Waals surface area contributed by atoms with Crippen molar-refractivity contribution >= 4 is 7.82 Å². The molecule has 0 aliphatic rings. The van der Waals surface area contributed by atoms with Crippen molar-refractivity contribution in [2.45, 2.75) is 71.1 Å². The van der Waals surface area contributed by atoms with E-state index in [-0.39, 0.29) is 16.5 Å². The van der Waals surface area contributed by atoms with E-state index >= 15 is 0 Å². The summed E-state index contributed by atoms with van der Waals surface area (Å²) in [5.74, 6) is 0.